The van der Waals surface area contributed by atoms with Gasteiger partial charge in [0.25, 0.3) is 0 Å². The highest BCUT2D eigenvalue weighted by molar-refractivity contribution is 7.84. The third kappa shape index (κ3) is 3.62. The van der Waals surface area contributed by atoms with Gasteiger partial charge in [-0.3, -0.25) is 9.22 Å². The zero-order valence-corrected chi connectivity index (χ0v) is 14.2. The topological polar surface area (TPSA) is 32.7 Å². The second-order valence-electron chi connectivity index (χ2n) is 5.73. The number of rotatable bonds is 3. The Labute approximate surface area is 148 Å². The summed E-state index contributed by atoms with van der Waals surface area (Å²) < 4.78 is 78.1. The second kappa shape index (κ2) is 6.79. The van der Waals surface area contributed by atoms with E-state index in [9.17, 15) is 26.2 Å². The highest BCUT2D eigenvalue weighted by atomic mass is 32.2. The van der Waals surface area contributed by atoms with Gasteiger partial charge in [0.2, 0.25) is 0 Å². The Kier molecular flexibility index (Phi) is 4.83. The Balaban J connectivity index is 2.03. The van der Waals surface area contributed by atoms with Crippen LogP contribution in [-0.4, -0.2) is 22.4 Å². The average Bonchev–Trinajstić information content (AvgIpc) is 3.00. The molecule has 0 bridgehead atoms. The number of nitrogens with zero attached hydrogens (tertiary/aromatic N) is 2. The molecule has 3 rings (SSSR count). The third-order valence-corrected chi connectivity index (χ3v) is 4.93. The summed E-state index contributed by atoms with van der Waals surface area (Å²) in [5, 5.41) is 4.45. The van der Waals surface area contributed by atoms with Crippen LogP contribution in [0, 0.1) is 11.6 Å². The van der Waals surface area contributed by atoms with E-state index in [0.29, 0.717) is 16.5 Å². The predicted molar refractivity (Wildman–Crippen MR) is 88.5 cm³/mol. The zero-order valence-electron chi connectivity index (χ0n) is 13.4. The lowest BCUT2D eigenvalue weighted by Crippen LogP contribution is -2.21. The van der Waals surface area contributed by atoms with Crippen LogP contribution in [0.25, 0.3) is 0 Å². The van der Waals surface area contributed by atoms with Gasteiger partial charge >= 0.3 is 6.18 Å². The number of anilines is 1. The second-order valence-corrected chi connectivity index (χ2v) is 7.11. The largest absolute Gasteiger partial charge is 0.431 e. The molecule has 26 heavy (non-hydrogen) atoms. The van der Waals surface area contributed by atoms with Crippen molar-refractivity contribution in [2.75, 3.05) is 11.3 Å². The van der Waals surface area contributed by atoms with E-state index in [1.807, 2.05) is 0 Å². The van der Waals surface area contributed by atoms with Gasteiger partial charge in [-0.25, -0.2) is 8.78 Å². The molecule has 0 saturated heterocycles. The Morgan fingerprint density at radius 1 is 1.12 bits per heavy atom. The number of hydrazone groups is 1. The van der Waals surface area contributed by atoms with E-state index in [1.165, 1.54) is 30.5 Å². The first kappa shape index (κ1) is 18.5. The van der Waals surface area contributed by atoms with Gasteiger partial charge in [-0.2, -0.15) is 18.3 Å². The molecule has 0 radical (unpaired) electrons. The molecule has 2 aromatic carbocycles. The van der Waals surface area contributed by atoms with Gasteiger partial charge in [-0.15, -0.1) is 0 Å². The van der Waals surface area contributed by atoms with Crippen molar-refractivity contribution in [3.05, 3.63) is 59.7 Å². The van der Waals surface area contributed by atoms with Crippen LogP contribution in [0.3, 0.4) is 0 Å². The monoisotopic (exact) mass is 388 g/mol. The number of benzene rings is 2. The van der Waals surface area contributed by atoms with Crippen LogP contribution in [0.4, 0.5) is 27.6 Å². The number of hydrogen-bond acceptors (Lipinski definition) is 3. The summed E-state index contributed by atoms with van der Waals surface area (Å²) in [6, 6.07) is 7.83. The fourth-order valence-corrected chi connectivity index (χ4v) is 3.23. The van der Waals surface area contributed by atoms with Crippen LogP contribution in [0.15, 0.2) is 52.5 Å². The summed E-state index contributed by atoms with van der Waals surface area (Å²) in [4.78, 5) is 0.517. The highest BCUT2D eigenvalue weighted by Gasteiger charge is 2.44. The summed E-state index contributed by atoms with van der Waals surface area (Å²) in [5.41, 5.74) is -0.848. The van der Waals surface area contributed by atoms with Gasteiger partial charge in [0, 0.05) is 34.4 Å². The van der Waals surface area contributed by atoms with Crippen molar-refractivity contribution in [1.29, 1.82) is 0 Å². The number of halogens is 5. The van der Waals surface area contributed by atoms with Crippen molar-refractivity contribution in [3.8, 4) is 0 Å². The number of alkyl halides is 3. The quantitative estimate of drug-likeness (QED) is 0.722. The molecule has 2 atom stereocenters. The van der Waals surface area contributed by atoms with Gasteiger partial charge in [-0.1, -0.05) is 12.1 Å². The normalized spacial score (nSPS) is 18.8. The van der Waals surface area contributed by atoms with Gasteiger partial charge in [0.15, 0.2) is 5.82 Å². The van der Waals surface area contributed by atoms with Gasteiger partial charge in [0.05, 0.1) is 11.7 Å². The predicted octanol–water partition coefficient (Wildman–Crippen LogP) is 4.57. The van der Waals surface area contributed by atoms with Crippen molar-refractivity contribution in [1.82, 2.24) is 0 Å². The fourth-order valence-electron chi connectivity index (χ4n) is 2.71. The van der Waals surface area contributed by atoms with Gasteiger partial charge in [0.1, 0.15) is 11.5 Å². The Bertz CT molecular complexity index is 880. The number of hydrogen-bond donors (Lipinski definition) is 0. The maximum Gasteiger partial charge on any atom is 0.431 e. The molecule has 0 N–H and O–H groups in total. The molecule has 1 heterocycles. The molecule has 2 unspecified atom stereocenters. The van der Waals surface area contributed by atoms with Crippen molar-refractivity contribution in [2.45, 2.75) is 23.5 Å². The Morgan fingerprint density at radius 2 is 1.77 bits per heavy atom. The lowest BCUT2D eigenvalue weighted by Gasteiger charge is -2.24. The smallest absolute Gasteiger partial charge is 0.255 e. The van der Waals surface area contributed by atoms with E-state index in [2.05, 4.69) is 5.10 Å². The molecule has 9 heteroatoms. The Hall–Kier alpha value is -2.29. The molecule has 1 aliphatic heterocycles. The first-order valence-electron chi connectivity index (χ1n) is 7.49. The average molecular weight is 388 g/mol. The third-order valence-electron chi connectivity index (χ3n) is 3.99. The molecule has 0 spiro atoms. The van der Waals surface area contributed by atoms with Crippen LogP contribution >= 0.6 is 0 Å². The molecule has 0 amide bonds. The lowest BCUT2D eigenvalue weighted by molar-refractivity contribution is -0.0600. The summed E-state index contributed by atoms with van der Waals surface area (Å²) in [5.74, 6) is -1.84. The van der Waals surface area contributed by atoms with Crippen molar-refractivity contribution < 1.29 is 26.2 Å². The minimum Gasteiger partial charge on any atom is -0.255 e. The molecule has 1 aliphatic rings. The van der Waals surface area contributed by atoms with Crippen molar-refractivity contribution in [3.63, 3.8) is 0 Å². The first-order chi connectivity index (χ1) is 12.2. The lowest BCUT2D eigenvalue weighted by atomic mass is 10.0. The van der Waals surface area contributed by atoms with E-state index in [1.54, 1.807) is 0 Å². The van der Waals surface area contributed by atoms with Gasteiger partial charge < -0.3 is 0 Å². The molecule has 2 aromatic rings. The fraction of sp³-hybridized carbons (Fsp3) is 0.235. The molecule has 0 saturated carbocycles. The van der Waals surface area contributed by atoms with E-state index < -0.39 is 46.8 Å². The van der Waals surface area contributed by atoms with E-state index in [4.69, 9.17) is 0 Å². The molecule has 3 nitrogen and oxygen atoms in total. The SMILES string of the molecule is CS(=O)c1ccc(C2CC(C(F)(F)F)=NN2c2ccc(F)cc2F)cc1. The summed E-state index contributed by atoms with van der Waals surface area (Å²) >= 11 is 0. The van der Waals surface area contributed by atoms with Crippen molar-refractivity contribution >= 4 is 22.2 Å². The van der Waals surface area contributed by atoms with Gasteiger partial charge in [-0.05, 0) is 29.8 Å². The van der Waals surface area contributed by atoms with E-state index in [-0.39, 0.29) is 5.69 Å². The molecule has 0 aromatic heterocycles. The van der Waals surface area contributed by atoms with E-state index in [0.717, 1.165) is 17.1 Å². The molecular weight excluding hydrogens is 375 g/mol. The standard InChI is InChI=1S/C17H13F5N2OS/c1-26(25)12-5-2-10(3-6-12)15-9-16(17(20,21)22)23-24(15)14-7-4-11(18)8-13(14)19/h2-8,15H,9H2,1H3. The van der Waals surface area contributed by atoms with Crippen LogP contribution in [-0.2, 0) is 10.8 Å². The van der Waals surface area contributed by atoms with Crippen LogP contribution < -0.4 is 5.01 Å². The maximum absolute atomic E-state index is 14.1. The van der Waals surface area contributed by atoms with Crippen LogP contribution in [0.5, 0.6) is 0 Å². The molecule has 0 aliphatic carbocycles. The van der Waals surface area contributed by atoms with E-state index >= 15 is 0 Å². The molecular formula is C17H13F5N2OS. The minimum atomic E-state index is -4.66. The summed E-state index contributed by atoms with van der Waals surface area (Å²) in [7, 11) is -1.23. The zero-order chi connectivity index (χ0) is 19.1. The summed E-state index contributed by atoms with van der Waals surface area (Å²) in [6.07, 6.45) is -3.65. The van der Waals surface area contributed by atoms with Crippen LogP contribution in [0.2, 0.25) is 0 Å². The van der Waals surface area contributed by atoms with Crippen LogP contribution in [0.1, 0.15) is 18.0 Å². The first-order valence-corrected chi connectivity index (χ1v) is 9.05. The Morgan fingerprint density at radius 3 is 2.31 bits per heavy atom. The summed E-state index contributed by atoms with van der Waals surface area (Å²) in [6.45, 7) is 0. The molecule has 138 valence electrons. The highest BCUT2D eigenvalue weighted by Crippen LogP contribution is 2.40. The minimum absolute atomic E-state index is 0.251. The molecule has 0 fully saturated rings. The van der Waals surface area contributed by atoms with Crippen molar-refractivity contribution in [2.24, 2.45) is 5.10 Å². The maximum atomic E-state index is 14.1.